The van der Waals surface area contributed by atoms with Crippen molar-refractivity contribution in [2.45, 2.75) is 45.4 Å². The Morgan fingerprint density at radius 3 is 2.46 bits per heavy atom. The van der Waals surface area contributed by atoms with Gasteiger partial charge in [-0.05, 0) is 37.4 Å². The Bertz CT molecular complexity index is 640. The molecule has 2 N–H and O–H groups in total. The SMILES string of the molecule is COC(=O)[C@@H]1Cc2cc(B(O)O)ccc2CN1C(=O)OC(C)(C)C. The molecule has 1 heterocycles. The van der Waals surface area contributed by atoms with Crippen molar-refractivity contribution in [2.75, 3.05) is 7.11 Å². The largest absolute Gasteiger partial charge is 0.488 e. The zero-order valence-corrected chi connectivity index (χ0v) is 14.3. The predicted molar refractivity (Wildman–Crippen MR) is 87.6 cm³/mol. The Balaban J connectivity index is 2.34. The van der Waals surface area contributed by atoms with Gasteiger partial charge in [0.25, 0.3) is 0 Å². The van der Waals surface area contributed by atoms with Crippen molar-refractivity contribution in [1.82, 2.24) is 4.90 Å². The number of carbonyl (C=O) groups is 2. The molecule has 1 aliphatic rings. The third-order valence-corrected chi connectivity index (χ3v) is 3.76. The van der Waals surface area contributed by atoms with Gasteiger partial charge in [-0.25, -0.2) is 9.59 Å². The maximum Gasteiger partial charge on any atom is 0.488 e. The van der Waals surface area contributed by atoms with Gasteiger partial charge in [0.1, 0.15) is 11.6 Å². The fraction of sp³-hybridized carbons (Fsp3) is 0.500. The predicted octanol–water partition coefficient (Wildman–Crippen LogP) is 0.201. The molecule has 24 heavy (non-hydrogen) atoms. The van der Waals surface area contributed by atoms with E-state index in [9.17, 15) is 19.6 Å². The number of amides is 1. The summed E-state index contributed by atoms with van der Waals surface area (Å²) < 4.78 is 10.2. The fourth-order valence-corrected chi connectivity index (χ4v) is 2.62. The number of esters is 1. The van der Waals surface area contributed by atoms with Crippen LogP contribution in [0.3, 0.4) is 0 Å². The molecule has 1 atom stereocenters. The Morgan fingerprint density at radius 1 is 1.25 bits per heavy atom. The van der Waals surface area contributed by atoms with Gasteiger partial charge < -0.3 is 19.5 Å². The van der Waals surface area contributed by atoms with Crippen LogP contribution in [0.5, 0.6) is 0 Å². The molecule has 1 aromatic carbocycles. The lowest BCUT2D eigenvalue weighted by Gasteiger charge is -2.36. The van der Waals surface area contributed by atoms with E-state index in [0.717, 1.165) is 11.1 Å². The lowest BCUT2D eigenvalue weighted by atomic mass is 9.77. The summed E-state index contributed by atoms with van der Waals surface area (Å²) in [6.07, 6.45) is -0.364. The molecule has 7 nitrogen and oxygen atoms in total. The molecule has 130 valence electrons. The second-order valence-electron chi connectivity index (χ2n) is 6.75. The Morgan fingerprint density at radius 2 is 1.92 bits per heavy atom. The zero-order chi connectivity index (χ0) is 18.1. The maximum atomic E-state index is 12.4. The minimum Gasteiger partial charge on any atom is -0.467 e. The molecule has 0 aliphatic carbocycles. The highest BCUT2D eigenvalue weighted by Gasteiger charge is 2.38. The monoisotopic (exact) mass is 335 g/mol. The number of methoxy groups -OCH3 is 1. The number of hydrogen-bond donors (Lipinski definition) is 2. The van der Waals surface area contributed by atoms with Crippen LogP contribution in [0.1, 0.15) is 31.9 Å². The average molecular weight is 335 g/mol. The first-order valence-corrected chi connectivity index (χ1v) is 7.67. The van der Waals surface area contributed by atoms with Crippen molar-refractivity contribution in [3.63, 3.8) is 0 Å². The topological polar surface area (TPSA) is 96.3 Å². The molecule has 0 bridgehead atoms. The van der Waals surface area contributed by atoms with Crippen LogP contribution in [0.15, 0.2) is 18.2 Å². The van der Waals surface area contributed by atoms with Crippen molar-refractivity contribution in [3.05, 3.63) is 29.3 Å². The molecule has 0 spiro atoms. The number of hydrogen-bond acceptors (Lipinski definition) is 6. The minimum absolute atomic E-state index is 0.186. The first kappa shape index (κ1) is 18.3. The van der Waals surface area contributed by atoms with E-state index in [1.54, 1.807) is 39.0 Å². The zero-order valence-electron chi connectivity index (χ0n) is 14.3. The standard InChI is InChI=1S/C16H22BNO6/c1-16(2,3)24-15(20)18-9-10-5-6-12(17(21)22)7-11(10)8-13(18)14(19)23-4/h5-7,13,21-22H,8-9H2,1-4H3/t13-/m0/s1. The van der Waals surface area contributed by atoms with E-state index in [1.165, 1.54) is 12.0 Å². The van der Waals surface area contributed by atoms with Crippen LogP contribution >= 0.6 is 0 Å². The average Bonchev–Trinajstić information content (AvgIpc) is 2.50. The lowest BCUT2D eigenvalue weighted by molar-refractivity contribution is -0.147. The first-order valence-electron chi connectivity index (χ1n) is 7.67. The van der Waals surface area contributed by atoms with Crippen LogP contribution in [0.4, 0.5) is 4.79 Å². The van der Waals surface area contributed by atoms with Crippen molar-refractivity contribution >= 4 is 24.6 Å². The molecule has 1 aromatic rings. The van der Waals surface area contributed by atoms with Gasteiger partial charge in [0.2, 0.25) is 0 Å². The summed E-state index contributed by atoms with van der Waals surface area (Å²) in [5.41, 5.74) is 1.26. The van der Waals surface area contributed by atoms with E-state index < -0.39 is 30.8 Å². The van der Waals surface area contributed by atoms with Gasteiger partial charge in [-0.3, -0.25) is 4.90 Å². The molecule has 1 amide bonds. The van der Waals surface area contributed by atoms with Crippen LogP contribution in [0.25, 0.3) is 0 Å². The highest BCUT2D eigenvalue weighted by atomic mass is 16.6. The van der Waals surface area contributed by atoms with E-state index >= 15 is 0 Å². The molecule has 0 saturated heterocycles. The van der Waals surface area contributed by atoms with Crippen molar-refractivity contribution in [3.8, 4) is 0 Å². The summed E-state index contributed by atoms with van der Waals surface area (Å²) in [5, 5.41) is 18.6. The molecule has 0 saturated carbocycles. The minimum atomic E-state index is -1.59. The number of ether oxygens (including phenoxy) is 2. The fourth-order valence-electron chi connectivity index (χ4n) is 2.62. The molecule has 0 unspecified atom stereocenters. The van der Waals surface area contributed by atoms with Gasteiger partial charge in [0, 0.05) is 6.42 Å². The van der Waals surface area contributed by atoms with Gasteiger partial charge in [-0.2, -0.15) is 0 Å². The molecule has 0 aromatic heterocycles. The Kier molecular flexibility index (Phi) is 5.20. The second-order valence-corrected chi connectivity index (χ2v) is 6.75. The first-order chi connectivity index (χ1) is 11.1. The van der Waals surface area contributed by atoms with Crippen molar-refractivity contribution in [2.24, 2.45) is 0 Å². The summed E-state index contributed by atoms with van der Waals surface area (Å²) in [7, 11) is -0.324. The van der Waals surface area contributed by atoms with E-state index in [-0.39, 0.29) is 13.0 Å². The van der Waals surface area contributed by atoms with E-state index in [0.29, 0.717) is 5.46 Å². The lowest BCUT2D eigenvalue weighted by Crippen LogP contribution is -2.51. The van der Waals surface area contributed by atoms with E-state index in [2.05, 4.69) is 0 Å². The summed E-state index contributed by atoms with van der Waals surface area (Å²) in [6.45, 7) is 5.45. The molecule has 0 fully saturated rings. The normalized spacial score (nSPS) is 17.1. The summed E-state index contributed by atoms with van der Waals surface area (Å²) in [6, 6.07) is 4.11. The van der Waals surface area contributed by atoms with Crippen LogP contribution in [0, 0.1) is 0 Å². The summed E-state index contributed by atoms with van der Waals surface area (Å²) in [5.74, 6) is -0.540. The van der Waals surface area contributed by atoms with E-state index in [4.69, 9.17) is 9.47 Å². The number of carbonyl (C=O) groups excluding carboxylic acids is 2. The number of fused-ring (bicyclic) bond motifs is 1. The summed E-state index contributed by atoms with van der Waals surface area (Å²) >= 11 is 0. The maximum absolute atomic E-state index is 12.4. The smallest absolute Gasteiger partial charge is 0.467 e. The van der Waals surface area contributed by atoms with E-state index in [1.807, 2.05) is 0 Å². The van der Waals surface area contributed by atoms with Gasteiger partial charge >= 0.3 is 19.2 Å². The molecule has 1 aliphatic heterocycles. The van der Waals surface area contributed by atoms with Gasteiger partial charge in [-0.1, -0.05) is 18.2 Å². The Hall–Kier alpha value is -2.06. The third-order valence-electron chi connectivity index (χ3n) is 3.76. The van der Waals surface area contributed by atoms with Gasteiger partial charge in [0.15, 0.2) is 0 Å². The van der Waals surface area contributed by atoms with Gasteiger partial charge in [-0.15, -0.1) is 0 Å². The van der Waals surface area contributed by atoms with Crippen LogP contribution < -0.4 is 5.46 Å². The van der Waals surface area contributed by atoms with Crippen LogP contribution in [0.2, 0.25) is 0 Å². The van der Waals surface area contributed by atoms with Gasteiger partial charge in [0.05, 0.1) is 13.7 Å². The molecular weight excluding hydrogens is 313 g/mol. The molecular formula is C16H22BNO6. The number of nitrogens with zero attached hydrogens (tertiary/aromatic N) is 1. The van der Waals surface area contributed by atoms with Crippen molar-refractivity contribution < 1.29 is 29.1 Å². The Labute approximate surface area is 141 Å². The van der Waals surface area contributed by atoms with Crippen molar-refractivity contribution in [1.29, 1.82) is 0 Å². The number of rotatable bonds is 2. The molecule has 2 rings (SSSR count). The number of benzene rings is 1. The highest BCUT2D eigenvalue weighted by Crippen LogP contribution is 2.25. The van der Waals surface area contributed by atoms with Crippen LogP contribution in [-0.2, 0) is 27.2 Å². The molecule has 8 heteroatoms. The molecule has 0 radical (unpaired) electrons. The summed E-state index contributed by atoms with van der Waals surface area (Å²) in [4.78, 5) is 25.9. The quantitative estimate of drug-likeness (QED) is 0.592. The second kappa shape index (κ2) is 6.82. The highest BCUT2D eigenvalue weighted by molar-refractivity contribution is 6.58. The van der Waals surface area contributed by atoms with Crippen LogP contribution in [-0.4, -0.2) is 52.9 Å². The third kappa shape index (κ3) is 4.07.